The van der Waals surface area contributed by atoms with E-state index in [1.54, 1.807) is 39.0 Å². The number of anilines is 1. The van der Waals surface area contributed by atoms with Crippen molar-refractivity contribution in [1.29, 1.82) is 0 Å². The van der Waals surface area contributed by atoms with Crippen molar-refractivity contribution in [2.24, 2.45) is 0 Å². The minimum absolute atomic E-state index is 0.0547. The first-order valence-electron chi connectivity index (χ1n) is 8.09. The molecule has 0 atom stereocenters. The maximum atomic E-state index is 12.3. The molecule has 0 spiro atoms. The number of hydrogen-bond acceptors (Lipinski definition) is 5. The topological polar surface area (TPSA) is 88.2 Å². The number of rotatable bonds is 6. The van der Waals surface area contributed by atoms with Crippen LogP contribution in [-0.2, 0) is 9.84 Å². The number of halogens is 1. The lowest BCUT2D eigenvalue weighted by Gasteiger charge is -2.18. The number of carbonyl (C=O) groups excluding carboxylic acids is 1. The Morgan fingerprint density at radius 1 is 1.08 bits per heavy atom. The summed E-state index contributed by atoms with van der Waals surface area (Å²) in [4.78, 5) is 16.0. The molecule has 0 saturated carbocycles. The number of pyridine rings is 1. The smallest absolute Gasteiger partial charge is 0.251 e. The van der Waals surface area contributed by atoms with Crippen molar-refractivity contribution in [1.82, 2.24) is 10.3 Å². The molecule has 0 aliphatic carbocycles. The number of benzene rings is 1. The van der Waals surface area contributed by atoms with Crippen LogP contribution in [0.4, 0.5) is 5.69 Å². The molecule has 1 aromatic heterocycles. The van der Waals surface area contributed by atoms with Gasteiger partial charge in [0.05, 0.1) is 16.6 Å². The van der Waals surface area contributed by atoms with Gasteiger partial charge in [0.1, 0.15) is 0 Å². The Balaban J connectivity index is 1.85. The fourth-order valence-corrected chi connectivity index (χ4v) is 3.37. The average molecular weight is 440 g/mol. The van der Waals surface area contributed by atoms with Gasteiger partial charge >= 0.3 is 0 Å². The fourth-order valence-electron chi connectivity index (χ4n) is 2.04. The first-order valence-corrected chi connectivity index (χ1v) is 10.4. The van der Waals surface area contributed by atoms with Gasteiger partial charge in [-0.1, -0.05) is 15.9 Å². The van der Waals surface area contributed by atoms with E-state index in [-0.39, 0.29) is 10.9 Å². The van der Waals surface area contributed by atoms with E-state index < -0.39 is 14.6 Å². The number of aromatic nitrogens is 1. The summed E-state index contributed by atoms with van der Waals surface area (Å²) in [5.41, 5.74) is 1.28. The van der Waals surface area contributed by atoms with Crippen LogP contribution >= 0.6 is 15.9 Å². The van der Waals surface area contributed by atoms with Crippen molar-refractivity contribution in [2.45, 2.75) is 30.5 Å². The summed E-state index contributed by atoms with van der Waals surface area (Å²) >= 11 is 3.33. The van der Waals surface area contributed by atoms with Gasteiger partial charge in [0.15, 0.2) is 14.9 Å². The zero-order valence-corrected chi connectivity index (χ0v) is 17.3. The van der Waals surface area contributed by atoms with Gasteiger partial charge in [-0.2, -0.15) is 0 Å². The molecule has 0 bridgehead atoms. The lowest BCUT2D eigenvalue weighted by Crippen LogP contribution is -2.29. The molecule has 26 heavy (non-hydrogen) atoms. The molecular formula is C18H22BrN3O3S. The Hall–Kier alpha value is -1.93. The molecule has 2 rings (SSSR count). The Bertz CT molecular complexity index is 858. The Morgan fingerprint density at radius 2 is 1.73 bits per heavy atom. The van der Waals surface area contributed by atoms with Gasteiger partial charge < -0.3 is 10.6 Å². The zero-order chi connectivity index (χ0) is 19.4. The van der Waals surface area contributed by atoms with E-state index in [9.17, 15) is 13.2 Å². The number of amides is 1. The molecule has 1 heterocycles. The monoisotopic (exact) mass is 439 g/mol. The van der Waals surface area contributed by atoms with E-state index in [0.717, 1.165) is 4.47 Å². The van der Waals surface area contributed by atoms with Crippen LogP contribution in [0.15, 0.2) is 52.1 Å². The van der Waals surface area contributed by atoms with Crippen LogP contribution in [0.25, 0.3) is 0 Å². The highest BCUT2D eigenvalue weighted by atomic mass is 79.9. The summed E-state index contributed by atoms with van der Waals surface area (Å²) in [7, 11) is -3.46. The van der Waals surface area contributed by atoms with Gasteiger partial charge in [0.25, 0.3) is 5.91 Å². The summed E-state index contributed by atoms with van der Waals surface area (Å²) in [6.45, 7) is 5.85. The summed E-state index contributed by atoms with van der Waals surface area (Å²) in [5.74, 6) is -0.149. The first-order chi connectivity index (χ1) is 12.1. The van der Waals surface area contributed by atoms with Gasteiger partial charge in [-0.15, -0.1) is 0 Å². The van der Waals surface area contributed by atoms with Crippen LogP contribution in [0.5, 0.6) is 0 Å². The molecule has 0 saturated heterocycles. The number of sulfone groups is 1. The third-order valence-corrected chi connectivity index (χ3v) is 6.60. The SMILES string of the molecule is CC(C)(C)S(=O)(=O)c1ccc(NCCNC(=O)c2ccc(Br)cc2)cn1. The van der Waals surface area contributed by atoms with Crippen LogP contribution in [0.2, 0.25) is 0 Å². The van der Waals surface area contributed by atoms with Gasteiger partial charge in [0.2, 0.25) is 0 Å². The molecule has 1 aromatic carbocycles. The minimum atomic E-state index is -3.46. The second-order valence-corrected chi connectivity index (χ2v) is 10.3. The van der Waals surface area contributed by atoms with Crippen LogP contribution in [0, 0.1) is 0 Å². The molecule has 0 aliphatic rings. The van der Waals surface area contributed by atoms with Crippen molar-refractivity contribution in [2.75, 3.05) is 18.4 Å². The summed E-state index contributed by atoms with van der Waals surface area (Å²) in [6, 6.07) is 10.3. The molecular weight excluding hydrogens is 418 g/mol. The predicted octanol–water partition coefficient (Wildman–Crippen LogP) is 3.26. The van der Waals surface area contributed by atoms with E-state index in [0.29, 0.717) is 24.3 Å². The van der Waals surface area contributed by atoms with Crippen molar-refractivity contribution in [3.63, 3.8) is 0 Å². The summed E-state index contributed by atoms with van der Waals surface area (Å²) in [6.07, 6.45) is 1.48. The van der Waals surface area contributed by atoms with Gasteiger partial charge in [-0.25, -0.2) is 13.4 Å². The van der Waals surface area contributed by atoms with E-state index in [1.807, 2.05) is 12.1 Å². The highest BCUT2D eigenvalue weighted by molar-refractivity contribution is 9.10. The standard InChI is InChI=1S/C18H22BrN3O3S/c1-18(2,3)26(24,25)16-9-8-15(12-22-16)20-10-11-21-17(23)13-4-6-14(19)7-5-13/h4-9,12,20H,10-11H2,1-3H3,(H,21,23). The quantitative estimate of drug-likeness (QED) is 0.674. The normalized spacial score (nSPS) is 11.8. The molecule has 2 aromatic rings. The zero-order valence-electron chi connectivity index (χ0n) is 14.9. The highest BCUT2D eigenvalue weighted by Crippen LogP contribution is 2.23. The van der Waals surface area contributed by atoms with Crippen molar-refractivity contribution in [3.8, 4) is 0 Å². The van der Waals surface area contributed by atoms with E-state index in [1.165, 1.54) is 12.3 Å². The molecule has 1 amide bonds. The fraction of sp³-hybridized carbons (Fsp3) is 0.333. The van der Waals surface area contributed by atoms with Crippen molar-refractivity contribution >= 4 is 37.4 Å². The van der Waals surface area contributed by atoms with E-state index >= 15 is 0 Å². The summed E-state index contributed by atoms with van der Waals surface area (Å²) in [5, 5.41) is 5.96. The highest BCUT2D eigenvalue weighted by Gasteiger charge is 2.31. The second-order valence-electron chi connectivity index (χ2n) is 6.69. The van der Waals surface area contributed by atoms with Gasteiger partial charge in [-0.05, 0) is 57.2 Å². The van der Waals surface area contributed by atoms with Gasteiger partial charge in [0, 0.05) is 23.1 Å². The molecule has 8 heteroatoms. The molecule has 0 aliphatic heterocycles. The van der Waals surface area contributed by atoms with Crippen LogP contribution in [0.3, 0.4) is 0 Å². The van der Waals surface area contributed by atoms with E-state index in [2.05, 4.69) is 31.5 Å². The van der Waals surface area contributed by atoms with Crippen molar-refractivity contribution in [3.05, 3.63) is 52.6 Å². The first kappa shape index (κ1) is 20.4. The third-order valence-electron chi connectivity index (χ3n) is 3.66. The van der Waals surface area contributed by atoms with Crippen LogP contribution in [-0.4, -0.2) is 37.1 Å². The molecule has 0 radical (unpaired) electrons. The Labute approximate surface area is 162 Å². The van der Waals surface area contributed by atoms with Crippen LogP contribution < -0.4 is 10.6 Å². The Morgan fingerprint density at radius 3 is 2.27 bits per heavy atom. The lowest BCUT2D eigenvalue weighted by atomic mass is 10.2. The van der Waals surface area contributed by atoms with Crippen molar-refractivity contribution < 1.29 is 13.2 Å². The van der Waals surface area contributed by atoms with Crippen LogP contribution in [0.1, 0.15) is 31.1 Å². The number of nitrogens with one attached hydrogen (secondary N) is 2. The average Bonchev–Trinajstić information content (AvgIpc) is 2.58. The number of hydrogen-bond donors (Lipinski definition) is 2. The molecule has 140 valence electrons. The molecule has 6 nitrogen and oxygen atoms in total. The van der Waals surface area contributed by atoms with Gasteiger partial charge in [-0.3, -0.25) is 4.79 Å². The third kappa shape index (κ3) is 5.04. The number of nitrogens with zero attached hydrogens (tertiary/aromatic N) is 1. The number of carbonyl (C=O) groups is 1. The molecule has 0 unspecified atom stereocenters. The minimum Gasteiger partial charge on any atom is -0.382 e. The summed E-state index contributed by atoms with van der Waals surface area (Å²) < 4.78 is 24.7. The maximum absolute atomic E-state index is 12.3. The largest absolute Gasteiger partial charge is 0.382 e. The lowest BCUT2D eigenvalue weighted by molar-refractivity contribution is 0.0955. The molecule has 2 N–H and O–H groups in total. The molecule has 0 fully saturated rings. The second kappa shape index (κ2) is 8.18. The van der Waals surface area contributed by atoms with E-state index in [4.69, 9.17) is 0 Å². The maximum Gasteiger partial charge on any atom is 0.251 e. The Kier molecular flexibility index (Phi) is 6.41. The predicted molar refractivity (Wildman–Crippen MR) is 106 cm³/mol.